The third-order valence-electron chi connectivity index (χ3n) is 8.41. The first kappa shape index (κ1) is 41.0. The minimum absolute atomic E-state index is 0.0628. The third kappa shape index (κ3) is 10.1. The van der Waals surface area contributed by atoms with Crippen molar-refractivity contribution in [1.29, 1.82) is 0 Å². The fourth-order valence-electron chi connectivity index (χ4n) is 5.80. The zero-order valence-electron chi connectivity index (χ0n) is 28.4. The standard InChI is InChI=1S/C20H26N7O10PS.C11H13IO2/c1-33-16-15(10(5-28)36-19(16)26-3-2-12(30)25-20(26)31)37-38(32,39)34-6-11-9(29)4-13(35-11)27-8-24-14-17(21)22-7-23-18(14)27;1-9(11(13)14-8-12)7-10-5-3-2-4-6-10/h2-3,7-11,13,15-16,19,28-29H,4-6H2,1H3,(H,32,39)(H2,21,22,23)(H,25,30,31);2-6,9H,7-8H2,1H3/t9?,10-,11-,13-,15?,16+,19-,38?;/m1./s1. The van der Waals surface area contributed by atoms with E-state index in [4.69, 9.17) is 45.5 Å². The Labute approximate surface area is 320 Å². The van der Waals surface area contributed by atoms with Crippen LogP contribution >= 0.6 is 29.3 Å². The summed E-state index contributed by atoms with van der Waals surface area (Å²) in [6, 6.07) is 11.1. The molecule has 53 heavy (non-hydrogen) atoms. The van der Waals surface area contributed by atoms with Gasteiger partial charge in [0.1, 0.15) is 47.1 Å². The van der Waals surface area contributed by atoms with Gasteiger partial charge in [-0.15, -0.1) is 0 Å². The molecule has 22 heteroatoms. The van der Waals surface area contributed by atoms with Crippen molar-refractivity contribution in [2.24, 2.45) is 5.92 Å². The van der Waals surface area contributed by atoms with Crippen molar-refractivity contribution in [2.75, 3.05) is 30.7 Å². The van der Waals surface area contributed by atoms with Gasteiger partial charge in [-0.25, -0.2) is 19.7 Å². The van der Waals surface area contributed by atoms with E-state index >= 15 is 0 Å². The number of esters is 1. The lowest BCUT2D eigenvalue weighted by molar-refractivity contribution is -0.145. The van der Waals surface area contributed by atoms with Gasteiger partial charge in [0.05, 0.1) is 31.6 Å². The van der Waals surface area contributed by atoms with E-state index < -0.39 is 67.6 Å². The smallest absolute Gasteiger partial charge is 0.330 e. The van der Waals surface area contributed by atoms with Crippen molar-refractivity contribution >= 4 is 64.1 Å². The highest BCUT2D eigenvalue weighted by molar-refractivity contribution is 14.1. The summed E-state index contributed by atoms with van der Waals surface area (Å²) in [7, 11) is 1.32. The topological polar surface area (TPSA) is 258 Å². The van der Waals surface area contributed by atoms with Crippen LogP contribution in [0.4, 0.5) is 5.82 Å². The average molecular weight is 892 g/mol. The van der Waals surface area contributed by atoms with Crippen LogP contribution in [0, 0.1) is 5.92 Å². The van der Waals surface area contributed by atoms with Crippen LogP contribution in [0.3, 0.4) is 0 Å². The van der Waals surface area contributed by atoms with Gasteiger partial charge in [-0.2, -0.15) is 0 Å². The van der Waals surface area contributed by atoms with E-state index in [1.807, 2.05) is 59.8 Å². The molecular weight excluding hydrogens is 852 g/mol. The van der Waals surface area contributed by atoms with Gasteiger partial charge < -0.3 is 44.3 Å². The number of benzene rings is 1. The van der Waals surface area contributed by atoms with E-state index in [1.54, 1.807) is 4.57 Å². The van der Waals surface area contributed by atoms with E-state index in [2.05, 4.69) is 19.9 Å². The molecule has 0 amide bonds. The fraction of sp³-hybridized carbons (Fsp3) is 0.484. The number of ether oxygens (including phenoxy) is 4. The molecule has 1 aromatic carbocycles. The van der Waals surface area contributed by atoms with E-state index in [0.29, 0.717) is 15.8 Å². The lowest BCUT2D eigenvalue weighted by Gasteiger charge is -2.27. The van der Waals surface area contributed by atoms with Gasteiger partial charge in [-0.3, -0.25) is 28.2 Å². The summed E-state index contributed by atoms with van der Waals surface area (Å²) in [6.45, 7) is -3.01. The minimum atomic E-state index is -4.02. The molecule has 19 nitrogen and oxygen atoms in total. The van der Waals surface area contributed by atoms with Crippen LogP contribution in [-0.2, 0) is 51.0 Å². The molecule has 0 bridgehead atoms. The molecule has 4 unspecified atom stereocenters. The van der Waals surface area contributed by atoms with Crippen LogP contribution in [0.15, 0.2) is 64.8 Å². The number of nitrogen functional groups attached to an aromatic ring is 1. The van der Waals surface area contributed by atoms with Crippen LogP contribution in [0.25, 0.3) is 11.2 Å². The van der Waals surface area contributed by atoms with Gasteiger partial charge in [-0.05, 0) is 46.4 Å². The van der Waals surface area contributed by atoms with E-state index in [-0.39, 0.29) is 30.7 Å². The number of alkyl halides is 1. The lowest BCUT2D eigenvalue weighted by atomic mass is 10.0. The average Bonchev–Trinajstić information content (AvgIpc) is 3.83. The second-order valence-electron chi connectivity index (χ2n) is 12.0. The van der Waals surface area contributed by atoms with Crippen LogP contribution in [0.5, 0.6) is 0 Å². The Bertz CT molecular complexity index is 2000. The van der Waals surface area contributed by atoms with Gasteiger partial charge in [-0.1, -0.05) is 37.3 Å². The highest BCUT2D eigenvalue weighted by atomic mass is 127. The highest BCUT2D eigenvalue weighted by Crippen LogP contribution is 2.50. The number of halogens is 1. The number of nitrogens with zero attached hydrogens (tertiary/aromatic N) is 5. The molecule has 4 aromatic rings. The van der Waals surface area contributed by atoms with E-state index in [1.165, 1.54) is 31.5 Å². The molecule has 6 N–H and O–H groups in total. The maximum Gasteiger partial charge on any atom is 0.330 e. The molecule has 0 radical (unpaired) electrons. The lowest BCUT2D eigenvalue weighted by Crippen LogP contribution is -2.40. The van der Waals surface area contributed by atoms with Gasteiger partial charge in [0.15, 0.2) is 17.7 Å². The van der Waals surface area contributed by atoms with Crippen molar-refractivity contribution in [3.63, 3.8) is 0 Å². The molecule has 6 rings (SSSR count). The maximum atomic E-state index is 12.3. The maximum absolute atomic E-state index is 12.3. The summed E-state index contributed by atoms with van der Waals surface area (Å²) < 4.78 is 36.2. The quantitative estimate of drug-likeness (QED) is 0.0542. The number of hydrogen-bond acceptors (Lipinski definition) is 16. The second-order valence-corrected chi connectivity index (χ2v) is 15.4. The number of aromatic nitrogens is 6. The SMILES string of the molecule is CC(Cc1ccccc1)C(=O)OCI.CO[C@H]1C(OP(O)(=S)OC[C@H]2O[C@@H](n3cnc4c(N)ncnc43)CC2O)[C@@H](CO)O[C@H]1n1ccc(=O)[nH]c1=O. The Hall–Kier alpha value is -3.22. The number of imidazole rings is 1. The fourth-order valence-corrected chi connectivity index (χ4v) is 7.55. The van der Waals surface area contributed by atoms with E-state index in [0.717, 1.165) is 17.1 Å². The number of hydrogen-bond donors (Lipinski definition) is 5. The zero-order valence-corrected chi connectivity index (χ0v) is 32.3. The van der Waals surface area contributed by atoms with Crippen LogP contribution in [0.1, 0.15) is 31.4 Å². The Morgan fingerprint density at radius 2 is 1.91 bits per heavy atom. The first-order chi connectivity index (χ1) is 25.3. The Morgan fingerprint density at radius 3 is 2.58 bits per heavy atom. The number of H-pyrrole nitrogens is 1. The predicted molar refractivity (Wildman–Crippen MR) is 199 cm³/mol. The van der Waals surface area contributed by atoms with Crippen LogP contribution in [-0.4, -0.2) is 106 Å². The van der Waals surface area contributed by atoms with Gasteiger partial charge >= 0.3 is 18.4 Å². The predicted octanol–water partition coefficient (Wildman–Crippen LogP) is 0.931. The molecule has 288 valence electrons. The number of carbonyl (C=O) groups is 1. The molecular formula is C31H39IN7O12PS. The van der Waals surface area contributed by atoms with Crippen molar-refractivity contribution in [3.8, 4) is 0 Å². The van der Waals surface area contributed by atoms with Crippen LogP contribution < -0.4 is 17.0 Å². The number of nitrogens with two attached hydrogens (primary N) is 1. The van der Waals surface area contributed by atoms with Gasteiger partial charge in [0, 0.05) is 25.8 Å². The summed E-state index contributed by atoms with van der Waals surface area (Å²) in [5.74, 6) is 0.0184. The normalized spacial score (nSPS) is 25.7. The molecule has 0 aliphatic carbocycles. The number of rotatable bonds is 13. The molecule has 2 aliphatic rings. The molecule has 3 aromatic heterocycles. The highest BCUT2D eigenvalue weighted by Gasteiger charge is 2.49. The number of aliphatic hydroxyl groups excluding tert-OH is 2. The Morgan fingerprint density at radius 1 is 1.15 bits per heavy atom. The molecule has 0 spiro atoms. The summed E-state index contributed by atoms with van der Waals surface area (Å²) >= 11 is 7.19. The molecule has 9 atom stereocenters. The van der Waals surface area contributed by atoms with Crippen molar-refractivity contribution in [2.45, 2.75) is 62.7 Å². The largest absolute Gasteiger partial charge is 0.455 e. The molecule has 2 fully saturated rings. The van der Waals surface area contributed by atoms with E-state index in [9.17, 15) is 29.5 Å². The number of carbonyl (C=O) groups excluding carboxylic acids is 1. The number of fused-ring (bicyclic) bond motifs is 1. The number of nitrogens with one attached hydrogen (secondary N) is 1. The number of aromatic amines is 1. The first-order valence-corrected chi connectivity index (χ1v) is 20.3. The monoisotopic (exact) mass is 891 g/mol. The third-order valence-corrected chi connectivity index (χ3v) is 10.3. The van der Waals surface area contributed by atoms with Crippen molar-refractivity contribution < 1.29 is 47.9 Å². The second kappa shape index (κ2) is 18.4. The van der Waals surface area contributed by atoms with Gasteiger partial charge in [0.25, 0.3) is 5.56 Å². The number of aliphatic hydroxyl groups is 2. The van der Waals surface area contributed by atoms with Gasteiger partial charge in [0.2, 0.25) is 0 Å². The Balaban J connectivity index is 0.000000326. The summed E-state index contributed by atoms with van der Waals surface area (Å²) in [5, 5.41) is 20.4. The summed E-state index contributed by atoms with van der Waals surface area (Å²) in [4.78, 5) is 60.2. The molecule has 0 saturated carbocycles. The minimum Gasteiger partial charge on any atom is -0.455 e. The first-order valence-electron chi connectivity index (χ1n) is 16.1. The zero-order chi connectivity index (χ0) is 38.3. The molecule has 2 aliphatic heterocycles. The molecule has 2 saturated heterocycles. The van der Waals surface area contributed by atoms with Crippen molar-refractivity contribution in [3.05, 3.63) is 81.7 Å². The summed E-state index contributed by atoms with van der Waals surface area (Å²) in [5.41, 5.74) is 6.44. The van der Waals surface area contributed by atoms with Crippen molar-refractivity contribution in [1.82, 2.24) is 29.1 Å². The summed E-state index contributed by atoms with van der Waals surface area (Å²) in [6.07, 6.45) is -1.97. The Kier molecular flexibility index (Phi) is 14.2. The molecule has 5 heterocycles. The van der Waals surface area contributed by atoms with Crippen LogP contribution in [0.2, 0.25) is 0 Å². The number of methoxy groups -OCH3 is 1. The number of anilines is 1.